The summed E-state index contributed by atoms with van der Waals surface area (Å²) in [6.45, 7) is 0. The quantitative estimate of drug-likeness (QED) is 0.726. The van der Waals surface area contributed by atoms with E-state index in [4.69, 9.17) is 5.26 Å². The summed E-state index contributed by atoms with van der Waals surface area (Å²) >= 11 is 1.26. The smallest absolute Gasteiger partial charge is 0.196 e. The van der Waals surface area contributed by atoms with E-state index in [1.54, 1.807) is 0 Å². The van der Waals surface area contributed by atoms with Crippen molar-refractivity contribution < 1.29 is 8.78 Å². The predicted molar refractivity (Wildman–Crippen MR) is 54.3 cm³/mol. The maximum Gasteiger partial charge on any atom is 0.196 e. The summed E-state index contributed by atoms with van der Waals surface area (Å²) in [4.78, 5) is 0. The average molecular weight is 291 g/mol. The van der Waals surface area contributed by atoms with Crippen LogP contribution in [0.1, 0.15) is 11.1 Å². The van der Waals surface area contributed by atoms with E-state index in [-0.39, 0.29) is 5.56 Å². The molecule has 0 spiro atoms. The first kappa shape index (κ1) is 10.1. The van der Waals surface area contributed by atoms with Crippen molar-refractivity contribution in [1.82, 2.24) is 0 Å². The van der Waals surface area contributed by atoms with Crippen LogP contribution in [-0.4, -0.2) is 0 Å². The van der Waals surface area contributed by atoms with Crippen LogP contribution in [-0.2, 0) is 0 Å². The zero-order valence-corrected chi connectivity index (χ0v) is 8.55. The number of nitrogens with zero attached hydrogens (tertiary/aromatic N) is 1. The minimum Gasteiger partial charge on any atom is -0.203 e. The van der Waals surface area contributed by atoms with Crippen molar-refractivity contribution >= 4 is 28.4 Å². The minimum absolute atomic E-state index is 0.144. The standard InChI is InChI=1S/C9H4F2IN/c10-8(9(11)12)7-3-1-6(5-13)2-4-7/h1-4H/b9-8-. The monoisotopic (exact) mass is 291 g/mol. The van der Waals surface area contributed by atoms with Crippen LogP contribution in [0.3, 0.4) is 0 Å². The Morgan fingerprint density at radius 3 is 2.15 bits per heavy atom. The normalized spacial score (nSPS) is 11.8. The van der Waals surface area contributed by atoms with Crippen LogP contribution in [0.25, 0.3) is 5.83 Å². The molecule has 0 atom stereocenters. The van der Waals surface area contributed by atoms with E-state index in [0.717, 1.165) is 0 Å². The zero-order chi connectivity index (χ0) is 9.84. The van der Waals surface area contributed by atoms with E-state index in [1.165, 1.54) is 46.9 Å². The number of hydrogen-bond donors (Lipinski definition) is 0. The van der Waals surface area contributed by atoms with Crippen molar-refractivity contribution in [2.45, 2.75) is 0 Å². The number of hydrogen-bond acceptors (Lipinski definition) is 1. The van der Waals surface area contributed by atoms with Crippen molar-refractivity contribution in [3.8, 4) is 6.07 Å². The van der Waals surface area contributed by atoms with Crippen molar-refractivity contribution in [3.63, 3.8) is 0 Å². The van der Waals surface area contributed by atoms with Gasteiger partial charge in [-0.1, -0.05) is 12.1 Å². The minimum atomic E-state index is -0.898. The molecule has 0 bridgehead atoms. The van der Waals surface area contributed by atoms with Crippen LogP contribution in [0.15, 0.2) is 28.1 Å². The first-order valence-corrected chi connectivity index (χ1v) is 4.44. The highest BCUT2D eigenvalue weighted by Gasteiger charge is 2.05. The molecule has 0 unspecified atom stereocenters. The van der Waals surface area contributed by atoms with E-state index in [0.29, 0.717) is 5.56 Å². The second-order valence-corrected chi connectivity index (χ2v) is 3.21. The van der Waals surface area contributed by atoms with E-state index < -0.39 is 9.66 Å². The van der Waals surface area contributed by atoms with Gasteiger partial charge in [-0.3, -0.25) is 0 Å². The molecule has 0 N–H and O–H groups in total. The lowest BCUT2D eigenvalue weighted by Crippen LogP contribution is -1.79. The molecule has 1 rings (SSSR count). The molecule has 13 heavy (non-hydrogen) atoms. The third-order valence-corrected chi connectivity index (χ3v) is 1.91. The molecule has 0 saturated carbocycles. The fraction of sp³-hybridized carbons (Fsp3) is 0. The molecule has 1 nitrogen and oxygen atoms in total. The van der Waals surface area contributed by atoms with Crippen LogP contribution in [0.2, 0.25) is 0 Å². The first-order chi connectivity index (χ1) is 6.15. The van der Waals surface area contributed by atoms with Gasteiger partial charge in [0.1, 0.15) is 0 Å². The summed E-state index contributed by atoms with van der Waals surface area (Å²) in [5.74, 6) is -0.898. The van der Waals surface area contributed by atoms with Crippen LogP contribution < -0.4 is 0 Å². The number of benzene rings is 1. The van der Waals surface area contributed by atoms with Crippen LogP contribution in [0.5, 0.6) is 0 Å². The molecule has 1 aromatic rings. The lowest BCUT2D eigenvalue weighted by Gasteiger charge is -1.96. The maximum atomic E-state index is 12.9. The van der Waals surface area contributed by atoms with Gasteiger partial charge in [0.15, 0.2) is 9.66 Å². The van der Waals surface area contributed by atoms with Crippen molar-refractivity contribution in [2.75, 3.05) is 0 Å². The fourth-order valence-electron chi connectivity index (χ4n) is 0.800. The Kier molecular flexibility index (Phi) is 3.37. The molecule has 0 aliphatic rings. The number of nitriles is 1. The molecular formula is C9H4F2IN. The molecule has 0 radical (unpaired) electrons. The Morgan fingerprint density at radius 1 is 1.23 bits per heavy atom. The fourth-order valence-corrected chi connectivity index (χ4v) is 1.11. The van der Waals surface area contributed by atoms with Crippen molar-refractivity contribution in [3.05, 3.63) is 39.2 Å². The SMILES string of the molecule is N#Cc1ccc(/C(F)=C(\F)I)cc1. The summed E-state index contributed by atoms with van der Waals surface area (Å²) in [6, 6.07) is 7.50. The van der Waals surface area contributed by atoms with Gasteiger partial charge in [0.25, 0.3) is 0 Å². The highest BCUT2D eigenvalue weighted by molar-refractivity contribution is 14.1. The Bertz CT molecular complexity index is 372. The highest BCUT2D eigenvalue weighted by atomic mass is 127. The molecule has 0 heterocycles. The Morgan fingerprint density at radius 2 is 1.77 bits per heavy atom. The third-order valence-electron chi connectivity index (χ3n) is 1.43. The van der Waals surface area contributed by atoms with E-state index >= 15 is 0 Å². The summed E-state index contributed by atoms with van der Waals surface area (Å²) in [7, 11) is 0. The van der Waals surface area contributed by atoms with Gasteiger partial charge in [0.2, 0.25) is 0 Å². The summed E-state index contributed by atoms with van der Waals surface area (Å²) in [5, 5.41) is 8.44. The predicted octanol–water partition coefficient (Wildman–Crippen LogP) is 3.56. The van der Waals surface area contributed by atoms with Gasteiger partial charge in [-0.2, -0.15) is 9.65 Å². The molecular weight excluding hydrogens is 287 g/mol. The second-order valence-electron chi connectivity index (χ2n) is 2.26. The van der Waals surface area contributed by atoms with Crippen molar-refractivity contribution in [1.29, 1.82) is 5.26 Å². The van der Waals surface area contributed by atoms with Gasteiger partial charge in [-0.05, 0) is 34.7 Å². The zero-order valence-electron chi connectivity index (χ0n) is 6.39. The van der Waals surface area contributed by atoms with Gasteiger partial charge >= 0.3 is 0 Å². The molecule has 0 saturated heterocycles. The topological polar surface area (TPSA) is 23.8 Å². The van der Waals surface area contributed by atoms with Crippen LogP contribution in [0, 0.1) is 11.3 Å². The summed E-state index contributed by atoms with van der Waals surface area (Å²) in [6.07, 6.45) is 0. The average Bonchev–Trinajstić information content (AvgIpc) is 2.17. The Labute approximate surface area is 87.8 Å². The molecule has 0 amide bonds. The lowest BCUT2D eigenvalue weighted by molar-refractivity contribution is 0.664. The van der Waals surface area contributed by atoms with Crippen LogP contribution in [0.4, 0.5) is 8.78 Å². The van der Waals surface area contributed by atoms with Crippen molar-refractivity contribution in [2.24, 2.45) is 0 Å². The lowest BCUT2D eigenvalue weighted by atomic mass is 10.1. The molecule has 0 aromatic heterocycles. The van der Waals surface area contributed by atoms with E-state index in [1.807, 2.05) is 6.07 Å². The molecule has 0 aliphatic carbocycles. The third kappa shape index (κ3) is 2.49. The first-order valence-electron chi connectivity index (χ1n) is 3.36. The molecule has 0 aliphatic heterocycles. The van der Waals surface area contributed by atoms with Gasteiger partial charge in [0, 0.05) is 5.56 Å². The van der Waals surface area contributed by atoms with E-state index in [2.05, 4.69) is 0 Å². The number of rotatable bonds is 1. The number of halogens is 3. The van der Waals surface area contributed by atoms with E-state index in [9.17, 15) is 8.78 Å². The summed E-state index contributed by atoms with van der Waals surface area (Å²) < 4.78 is 24.4. The van der Waals surface area contributed by atoms with Gasteiger partial charge in [-0.25, -0.2) is 4.39 Å². The largest absolute Gasteiger partial charge is 0.203 e. The Hall–Kier alpha value is -0.960. The van der Waals surface area contributed by atoms with Gasteiger partial charge in [0.05, 0.1) is 11.6 Å². The molecule has 1 aromatic carbocycles. The summed E-state index contributed by atoms with van der Waals surface area (Å²) in [5.41, 5.74) is 0.566. The second kappa shape index (κ2) is 4.33. The molecule has 0 fully saturated rings. The van der Waals surface area contributed by atoms with Crippen LogP contribution >= 0.6 is 22.6 Å². The van der Waals surface area contributed by atoms with Gasteiger partial charge < -0.3 is 0 Å². The van der Waals surface area contributed by atoms with Gasteiger partial charge in [-0.15, -0.1) is 0 Å². The highest BCUT2D eigenvalue weighted by Crippen LogP contribution is 2.25. The molecule has 4 heteroatoms. The molecule has 66 valence electrons. The Balaban J connectivity index is 3.08. The maximum absolute atomic E-state index is 12.9.